The van der Waals surface area contributed by atoms with Gasteiger partial charge in [-0.05, 0) is 18.6 Å². The fraction of sp³-hybridized carbons (Fsp3) is 0.455. The lowest BCUT2D eigenvalue weighted by molar-refractivity contribution is -0.274. The summed E-state index contributed by atoms with van der Waals surface area (Å²) in [6.45, 7) is -0.419. The van der Waals surface area contributed by atoms with Crippen molar-refractivity contribution in [2.75, 3.05) is 13.2 Å². The normalized spacial score (nSPS) is 12.4. The maximum Gasteiger partial charge on any atom is 0.573 e. The molecule has 3 nitrogen and oxygen atoms in total. The summed E-state index contributed by atoms with van der Waals surface area (Å²) in [7, 11) is 0. The number of benzene rings is 1. The second-order valence-corrected chi connectivity index (χ2v) is 3.82. The third-order valence-electron chi connectivity index (χ3n) is 2.13. The predicted molar refractivity (Wildman–Crippen MR) is 57.4 cm³/mol. The Hall–Kier alpha value is -1.57. The van der Waals surface area contributed by atoms with Gasteiger partial charge in [-0.25, -0.2) is 8.78 Å². The predicted octanol–water partition coefficient (Wildman–Crippen LogP) is 2.87. The van der Waals surface area contributed by atoms with Crippen LogP contribution in [0.1, 0.15) is 5.56 Å². The van der Waals surface area contributed by atoms with Crippen molar-refractivity contribution in [3.63, 3.8) is 0 Å². The van der Waals surface area contributed by atoms with Gasteiger partial charge in [0.15, 0.2) is 6.61 Å². The first-order chi connectivity index (χ1) is 8.63. The van der Waals surface area contributed by atoms with Gasteiger partial charge in [0.05, 0.1) is 6.54 Å². The Morgan fingerprint density at radius 2 is 1.79 bits per heavy atom. The molecule has 8 heteroatoms. The highest BCUT2D eigenvalue weighted by atomic mass is 19.4. The monoisotopic (exact) mass is 285 g/mol. The number of alkyl halides is 5. The van der Waals surface area contributed by atoms with Gasteiger partial charge < -0.3 is 15.2 Å². The van der Waals surface area contributed by atoms with Crippen LogP contribution in [0.25, 0.3) is 0 Å². The Morgan fingerprint density at radius 1 is 1.16 bits per heavy atom. The molecule has 0 aliphatic rings. The summed E-state index contributed by atoms with van der Waals surface area (Å²) < 4.78 is 70.2. The first-order valence-electron chi connectivity index (χ1n) is 5.20. The molecule has 0 amide bonds. The largest absolute Gasteiger partial charge is 0.573 e. The highest BCUT2D eigenvalue weighted by Crippen LogP contribution is 2.29. The molecule has 19 heavy (non-hydrogen) atoms. The van der Waals surface area contributed by atoms with E-state index >= 15 is 0 Å². The Kier molecular flexibility index (Phi) is 4.56. The quantitative estimate of drug-likeness (QED) is 0.846. The first-order valence-corrected chi connectivity index (χ1v) is 5.20. The minimum absolute atomic E-state index is 0.116. The van der Waals surface area contributed by atoms with Gasteiger partial charge in [0.25, 0.3) is 5.92 Å². The van der Waals surface area contributed by atoms with Crippen molar-refractivity contribution in [1.29, 1.82) is 0 Å². The van der Waals surface area contributed by atoms with Crippen molar-refractivity contribution in [2.24, 2.45) is 5.73 Å². The van der Waals surface area contributed by atoms with Crippen molar-refractivity contribution in [2.45, 2.75) is 19.2 Å². The molecule has 2 N–H and O–H groups in total. The summed E-state index contributed by atoms with van der Waals surface area (Å²) in [5.74, 6) is -3.90. The van der Waals surface area contributed by atoms with Crippen LogP contribution in [0.2, 0.25) is 0 Å². The summed E-state index contributed by atoms with van der Waals surface area (Å²) in [5, 5.41) is 0. The van der Waals surface area contributed by atoms with Crippen LogP contribution < -0.4 is 15.2 Å². The van der Waals surface area contributed by atoms with E-state index in [0.29, 0.717) is 5.56 Å². The molecule has 0 spiro atoms. The Labute approximate surface area is 106 Å². The Balaban J connectivity index is 2.80. The van der Waals surface area contributed by atoms with Gasteiger partial charge in [0.2, 0.25) is 0 Å². The van der Waals surface area contributed by atoms with Crippen LogP contribution in [0, 0.1) is 6.92 Å². The molecule has 0 saturated carbocycles. The van der Waals surface area contributed by atoms with E-state index in [2.05, 4.69) is 4.74 Å². The molecular formula is C11H12F5NO2. The second-order valence-electron chi connectivity index (χ2n) is 3.82. The standard InChI is InChI=1S/C11H12F5NO2/c1-7-2-3-8(19-11(14,15)16)4-9(7)18-6-10(12,13)5-17/h2-4H,5-6,17H2,1H3. The van der Waals surface area contributed by atoms with Gasteiger partial charge in [0.1, 0.15) is 11.5 Å². The van der Waals surface area contributed by atoms with Crippen molar-refractivity contribution in [1.82, 2.24) is 0 Å². The van der Waals surface area contributed by atoms with Crippen LogP contribution in [0.4, 0.5) is 22.0 Å². The van der Waals surface area contributed by atoms with Gasteiger partial charge in [-0.1, -0.05) is 6.07 Å². The molecule has 0 aromatic heterocycles. The molecule has 1 aromatic carbocycles. The minimum atomic E-state index is -4.85. The van der Waals surface area contributed by atoms with Gasteiger partial charge in [0, 0.05) is 6.07 Å². The highest BCUT2D eigenvalue weighted by molar-refractivity contribution is 5.40. The average molecular weight is 285 g/mol. The van der Waals surface area contributed by atoms with Crippen LogP contribution in [0.3, 0.4) is 0 Å². The van der Waals surface area contributed by atoms with Crippen LogP contribution >= 0.6 is 0 Å². The highest BCUT2D eigenvalue weighted by Gasteiger charge is 2.32. The van der Waals surface area contributed by atoms with Crippen molar-refractivity contribution >= 4 is 0 Å². The van der Waals surface area contributed by atoms with Gasteiger partial charge in [-0.3, -0.25) is 0 Å². The first kappa shape index (κ1) is 15.5. The average Bonchev–Trinajstić information content (AvgIpc) is 2.28. The van der Waals surface area contributed by atoms with E-state index in [0.717, 1.165) is 12.1 Å². The molecule has 0 aliphatic heterocycles. The van der Waals surface area contributed by atoms with Crippen molar-refractivity contribution in [3.05, 3.63) is 23.8 Å². The zero-order chi connectivity index (χ0) is 14.7. The fourth-order valence-corrected chi connectivity index (χ4v) is 1.18. The Bertz CT molecular complexity index is 434. The zero-order valence-corrected chi connectivity index (χ0v) is 9.93. The molecule has 108 valence electrons. The molecular weight excluding hydrogens is 273 g/mol. The van der Waals surface area contributed by atoms with E-state index in [-0.39, 0.29) is 5.75 Å². The number of aryl methyl sites for hydroxylation is 1. The lowest BCUT2D eigenvalue weighted by Gasteiger charge is -2.17. The molecule has 0 saturated heterocycles. The molecule has 0 unspecified atom stereocenters. The lowest BCUT2D eigenvalue weighted by atomic mass is 10.2. The topological polar surface area (TPSA) is 44.5 Å². The summed E-state index contributed by atoms with van der Waals surface area (Å²) >= 11 is 0. The SMILES string of the molecule is Cc1ccc(OC(F)(F)F)cc1OCC(F)(F)CN. The van der Waals surface area contributed by atoms with E-state index < -0.39 is 31.2 Å². The minimum Gasteiger partial charge on any atom is -0.487 e. The summed E-state index contributed by atoms with van der Waals surface area (Å²) in [4.78, 5) is 0. The van der Waals surface area contributed by atoms with E-state index in [9.17, 15) is 22.0 Å². The molecule has 0 heterocycles. The number of hydrogen-bond donors (Lipinski definition) is 1. The molecule has 0 radical (unpaired) electrons. The molecule has 1 rings (SSSR count). The molecule has 1 aromatic rings. The molecule has 0 bridgehead atoms. The lowest BCUT2D eigenvalue weighted by Crippen LogP contribution is -2.34. The van der Waals surface area contributed by atoms with Crippen LogP contribution in [-0.2, 0) is 0 Å². The van der Waals surface area contributed by atoms with E-state index in [1.165, 1.54) is 13.0 Å². The smallest absolute Gasteiger partial charge is 0.487 e. The van der Waals surface area contributed by atoms with Crippen LogP contribution in [0.5, 0.6) is 11.5 Å². The van der Waals surface area contributed by atoms with Crippen LogP contribution in [0.15, 0.2) is 18.2 Å². The number of rotatable bonds is 5. The maximum atomic E-state index is 12.9. The van der Waals surface area contributed by atoms with E-state index in [4.69, 9.17) is 10.5 Å². The Morgan fingerprint density at radius 3 is 2.32 bits per heavy atom. The summed E-state index contributed by atoms with van der Waals surface area (Å²) in [5.41, 5.74) is 5.22. The summed E-state index contributed by atoms with van der Waals surface area (Å²) in [6, 6.07) is 3.24. The molecule has 0 fully saturated rings. The van der Waals surface area contributed by atoms with E-state index in [1.807, 2.05) is 0 Å². The van der Waals surface area contributed by atoms with Gasteiger partial charge in [-0.15, -0.1) is 13.2 Å². The fourth-order valence-electron chi connectivity index (χ4n) is 1.18. The molecule has 0 aliphatic carbocycles. The molecule has 0 atom stereocenters. The third-order valence-corrected chi connectivity index (χ3v) is 2.13. The summed E-state index contributed by atoms with van der Waals surface area (Å²) in [6.07, 6.45) is -4.85. The van der Waals surface area contributed by atoms with Gasteiger partial charge in [-0.2, -0.15) is 0 Å². The van der Waals surface area contributed by atoms with Crippen molar-refractivity contribution < 1.29 is 31.4 Å². The zero-order valence-electron chi connectivity index (χ0n) is 9.93. The number of nitrogens with two attached hydrogens (primary N) is 1. The number of hydrogen-bond acceptors (Lipinski definition) is 3. The third kappa shape index (κ3) is 5.29. The van der Waals surface area contributed by atoms with Crippen LogP contribution in [-0.4, -0.2) is 25.4 Å². The van der Waals surface area contributed by atoms with Crippen molar-refractivity contribution in [3.8, 4) is 11.5 Å². The number of ether oxygens (including phenoxy) is 2. The maximum absolute atomic E-state index is 12.9. The van der Waals surface area contributed by atoms with Gasteiger partial charge >= 0.3 is 6.36 Å². The number of halogens is 5. The second kappa shape index (κ2) is 5.60. The van der Waals surface area contributed by atoms with E-state index in [1.54, 1.807) is 0 Å².